The number of urea groups is 1. The number of aromatic nitrogens is 1. The minimum Gasteiger partial charge on any atom is -0.463 e. The van der Waals surface area contributed by atoms with Gasteiger partial charge in [-0.25, -0.2) is 9.59 Å². The number of nitrogens with one attached hydrogen (secondary N) is 1. The molecule has 4 rings (SSSR count). The standard InChI is InChI=1S/C23H23N3O5/c1-4-14(2)25-12-15(17-7-5-6-8-19(17)25)11-18-21(27)26(23(29)24-18)13-16-9-10-20(31-16)22(28)30-3/h5-12,14H,4,13H2,1-3H3,(H,24,29)/b18-11-/t14-/m0/s1. The number of benzene rings is 1. The van der Waals surface area contributed by atoms with Gasteiger partial charge in [-0.2, -0.15) is 0 Å². The number of carbonyl (C=O) groups is 3. The molecule has 1 aliphatic rings. The number of rotatable bonds is 6. The average Bonchev–Trinajstić information content (AvgIpc) is 3.46. The number of furan rings is 1. The molecule has 31 heavy (non-hydrogen) atoms. The summed E-state index contributed by atoms with van der Waals surface area (Å²) in [7, 11) is 1.25. The number of para-hydroxylation sites is 1. The molecule has 1 aromatic carbocycles. The van der Waals surface area contributed by atoms with Crippen LogP contribution in [0.1, 0.15) is 48.2 Å². The third-order valence-corrected chi connectivity index (χ3v) is 5.46. The van der Waals surface area contributed by atoms with Crippen LogP contribution in [0.4, 0.5) is 4.79 Å². The maximum Gasteiger partial charge on any atom is 0.373 e. The first-order valence-electron chi connectivity index (χ1n) is 10.0. The fourth-order valence-corrected chi connectivity index (χ4v) is 3.61. The van der Waals surface area contributed by atoms with E-state index in [1.807, 2.05) is 30.5 Å². The Balaban J connectivity index is 1.62. The highest BCUT2D eigenvalue weighted by atomic mass is 16.5. The lowest BCUT2D eigenvalue weighted by molar-refractivity contribution is -0.123. The van der Waals surface area contributed by atoms with Crippen LogP contribution >= 0.6 is 0 Å². The van der Waals surface area contributed by atoms with Crippen molar-refractivity contribution >= 4 is 34.9 Å². The van der Waals surface area contributed by atoms with Crippen LogP contribution in [0.5, 0.6) is 0 Å². The number of imide groups is 1. The fourth-order valence-electron chi connectivity index (χ4n) is 3.61. The molecule has 0 spiro atoms. The summed E-state index contributed by atoms with van der Waals surface area (Å²) in [5.74, 6) is -0.764. The Bertz CT molecular complexity index is 1200. The second kappa shape index (κ2) is 8.14. The van der Waals surface area contributed by atoms with Gasteiger partial charge < -0.3 is 19.0 Å². The summed E-state index contributed by atoms with van der Waals surface area (Å²) in [5.41, 5.74) is 2.12. The van der Waals surface area contributed by atoms with E-state index in [2.05, 4.69) is 28.5 Å². The number of ether oxygens (including phenoxy) is 1. The maximum absolute atomic E-state index is 12.9. The average molecular weight is 421 g/mol. The molecule has 0 bridgehead atoms. The van der Waals surface area contributed by atoms with E-state index in [1.165, 1.54) is 19.2 Å². The van der Waals surface area contributed by atoms with Crippen LogP contribution in [-0.2, 0) is 16.1 Å². The molecule has 1 saturated heterocycles. The van der Waals surface area contributed by atoms with Crippen molar-refractivity contribution in [3.8, 4) is 0 Å². The summed E-state index contributed by atoms with van der Waals surface area (Å²) in [6, 6.07) is 10.7. The summed E-state index contributed by atoms with van der Waals surface area (Å²) < 4.78 is 12.2. The van der Waals surface area contributed by atoms with Gasteiger partial charge in [0, 0.05) is 28.7 Å². The lowest BCUT2D eigenvalue weighted by Crippen LogP contribution is -2.30. The van der Waals surface area contributed by atoms with Crippen LogP contribution in [0, 0.1) is 0 Å². The van der Waals surface area contributed by atoms with Gasteiger partial charge in [-0.3, -0.25) is 9.69 Å². The Kier molecular flexibility index (Phi) is 5.37. The molecule has 3 heterocycles. The molecule has 3 aromatic rings. The van der Waals surface area contributed by atoms with E-state index < -0.39 is 17.9 Å². The summed E-state index contributed by atoms with van der Waals surface area (Å²) >= 11 is 0. The van der Waals surface area contributed by atoms with E-state index in [9.17, 15) is 14.4 Å². The van der Waals surface area contributed by atoms with Crippen LogP contribution < -0.4 is 5.32 Å². The number of hydrogen-bond donors (Lipinski definition) is 1. The van der Waals surface area contributed by atoms with Crippen LogP contribution in [-0.4, -0.2) is 34.5 Å². The van der Waals surface area contributed by atoms with Crippen LogP contribution in [0.15, 0.2) is 52.7 Å². The first-order chi connectivity index (χ1) is 14.9. The van der Waals surface area contributed by atoms with Crippen molar-refractivity contribution in [2.75, 3.05) is 7.11 Å². The van der Waals surface area contributed by atoms with E-state index in [4.69, 9.17) is 4.42 Å². The van der Waals surface area contributed by atoms with Gasteiger partial charge >= 0.3 is 12.0 Å². The zero-order chi connectivity index (χ0) is 22.1. The van der Waals surface area contributed by atoms with Crippen molar-refractivity contribution in [3.05, 3.63) is 65.4 Å². The van der Waals surface area contributed by atoms with Gasteiger partial charge in [-0.05, 0) is 37.6 Å². The molecule has 1 fully saturated rings. The third kappa shape index (κ3) is 3.72. The lowest BCUT2D eigenvalue weighted by Gasteiger charge is -2.12. The van der Waals surface area contributed by atoms with Crippen molar-refractivity contribution in [2.24, 2.45) is 0 Å². The Hall–Kier alpha value is -3.81. The highest BCUT2D eigenvalue weighted by Gasteiger charge is 2.34. The Morgan fingerprint density at radius 3 is 2.74 bits per heavy atom. The van der Waals surface area contributed by atoms with Crippen molar-refractivity contribution in [2.45, 2.75) is 32.9 Å². The minimum atomic E-state index is -0.623. The molecular formula is C23H23N3O5. The van der Waals surface area contributed by atoms with E-state index in [-0.39, 0.29) is 18.0 Å². The van der Waals surface area contributed by atoms with E-state index >= 15 is 0 Å². The van der Waals surface area contributed by atoms with Crippen LogP contribution in [0.3, 0.4) is 0 Å². The molecule has 0 saturated carbocycles. The van der Waals surface area contributed by atoms with Gasteiger partial charge in [0.25, 0.3) is 5.91 Å². The normalized spacial score (nSPS) is 16.2. The Morgan fingerprint density at radius 1 is 1.23 bits per heavy atom. The van der Waals surface area contributed by atoms with Gasteiger partial charge in [0.15, 0.2) is 0 Å². The molecule has 1 aliphatic heterocycles. The lowest BCUT2D eigenvalue weighted by atomic mass is 10.1. The topological polar surface area (TPSA) is 93.8 Å². The maximum atomic E-state index is 12.9. The first kappa shape index (κ1) is 20.5. The molecule has 1 atom stereocenters. The predicted octanol–water partition coefficient (Wildman–Crippen LogP) is 4.08. The van der Waals surface area contributed by atoms with Gasteiger partial charge in [-0.15, -0.1) is 0 Å². The smallest absolute Gasteiger partial charge is 0.373 e. The quantitative estimate of drug-likeness (QED) is 0.368. The summed E-state index contributed by atoms with van der Waals surface area (Å²) in [4.78, 5) is 37.9. The second-order valence-corrected chi connectivity index (χ2v) is 7.40. The molecular weight excluding hydrogens is 398 g/mol. The predicted molar refractivity (Wildman–Crippen MR) is 114 cm³/mol. The van der Waals surface area contributed by atoms with Gasteiger partial charge in [0.05, 0.1) is 13.7 Å². The minimum absolute atomic E-state index is 0.0122. The number of hydrogen-bond acceptors (Lipinski definition) is 5. The highest BCUT2D eigenvalue weighted by Crippen LogP contribution is 2.28. The van der Waals surface area contributed by atoms with Crippen molar-refractivity contribution in [1.29, 1.82) is 0 Å². The second-order valence-electron chi connectivity index (χ2n) is 7.40. The van der Waals surface area contributed by atoms with Crippen LogP contribution in [0.25, 0.3) is 17.0 Å². The zero-order valence-electron chi connectivity index (χ0n) is 17.5. The molecule has 0 aliphatic carbocycles. The molecule has 8 heteroatoms. The number of esters is 1. The number of nitrogens with zero attached hydrogens (tertiary/aromatic N) is 2. The number of carbonyl (C=O) groups excluding carboxylic acids is 3. The molecule has 0 radical (unpaired) electrons. The van der Waals surface area contributed by atoms with E-state index in [1.54, 1.807) is 6.08 Å². The molecule has 8 nitrogen and oxygen atoms in total. The summed E-state index contributed by atoms with van der Waals surface area (Å²) in [6.07, 6.45) is 4.67. The first-order valence-corrected chi connectivity index (χ1v) is 10.0. The SMILES string of the molecule is CC[C@H](C)n1cc(/C=C2\NC(=O)N(Cc3ccc(C(=O)OC)o3)C2=O)c2ccccc21. The molecule has 160 valence electrons. The van der Waals surface area contributed by atoms with Gasteiger partial charge in [0.1, 0.15) is 11.5 Å². The number of amides is 3. The highest BCUT2D eigenvalue weighted by molar-refractivity contribution is 6.14. The zero-order valence-corrected chi connectivity index (χ0v) is 17.5. The van der Waals surface area contributed by atoms with Crippen LogP contribution in [0.2, 0.25) is 0 Å². The Labute approximate surface area is 179 Å². The fraction of sp³-hybridized carbons (Fsp3) is 0.261. The number of fused-ring (bicyclic) bond motifs is 1. The molecule has 2 aromatic heterocycles. The number of methoxy groups -OCH3 is 1. The molecule has 0 unspecified atom stereocenters. The molecule has 3 amide bonds. The van der Waals surface area contributed by atoms with E-state index in [0.717, 1.165) is 27.8 Å². The third-order valence-electron chi connectivity index (χ3n) is 5.46. The van der Waals surface area contributed by atoms with Gasteiger partial charge in [0.2, 0.25) is 5.76 Å². The summed E-state index contributed by atoms with van der Waals surface area (Å²) in [5, 5.41) is 3.64. The monoisotopic (exact) mass is 421 g/mol. The largest absolute Gasteiger partial charge is 0.463 e. The summed E-state index contributed by atoms with van der Waals surface area (Å²) in [6.45, 7) is 4.17. The van der Waals surface area contributed by atoms with Crippen molar-refractivity contribution in [1.82, 2.24) is 14.8 Å². The van der Waals surface area contributed by atoms with E-state index in [0.29, 0.717) is 11.8 Å². The van der Waals surface area contributed by atoms with Crippen molar-refractivity contribution < 1.29 is 23.5 Å². The Morgan fingerprint density at radius 2 is 2.00 bits per heavy atom. The van der Waals surface area contributed by atoms with Gasteiger partial charge in [-0.1, -0.05) is 25.1 Å². The molecule has 1 N–H and O–H groups in total. The van der Waals surface area contributed by atoms with Crippen molar-refractivity contribution in [3.63, 3.8) is 0 Å².